The minimum Gasteiger partial charge on any atom is -0.459 e. The summed E-state index contributed by atoms with van der Waals surface area (Å²) in [7, 11) is 7.65. The number of quaternary nitrogens is 1. The summed E-state index contributed by atoms with van der Waals surface area (Å²) in [6, 6.07) is -0.174. The number of hydrogen-bond donors (Lipinski definition) is 4. The van der Waals surface area contributed by atoms with Gasteiger partial charge in [-0.2, -0.15) is 0 Å². The van der Waals surface area contributed by atoms with Crippen molar-refractivity contribution in [3.63, 3.8) is 0 Å². The van der Waals surface area contributed by atoms with Crippen LogP contribution in [0.3, 0.4) is 0 Å². The standard InChI is InChI=1S/C38H70NO12/c1-15-26-38(10,44)31(41)21(4)29-19(2)17-37(9,51-29)33(50-35-28(40)25(39(11,12)13)16-20(3)46-35)22(5)30(23(6)34(43)48-26)49-27-18-36(8,45-14)32(42)24(7)47-27/h19-33,35,40-42,44H,15-18H2,1-14H3/q+1/t19-,20-,21+,22+,23-,24+,25+,26-,27+,28-,29-,30+,31-,32+,33-,35+,36-,37-,38-/m1/s1. The monoisotopic (exact) mass is 732 g/mol. The number of fused-ring (bicyclic) bond motifs is 2. The van der Waals surface area contributed by atoms with Crippen molar-refractivity contribution in [2.45, 2.75) is 185 Å². The molecule has 0 aromatic carbocycles. The predicted molar refractivity (Wildman–Crippen MR) is 188 cm³/mol. The van der Waals surface area contributed by atoms with Gasteiger partial charge in [0, 0.05) is 31.8 Å². The Morgan fingerprint density at radius 1 is 0.902 bits per heavy atom. The number of ether oxygens (including phenoxy) is 7. The summed E-state index contributed by atoms with van der Waals surface area (Å²) in [6.07, 6.45) is -7.47. The number of likely N-dealkylation sites (N-methyl/N-ethyl adjacent to an activating group) is 1. The molecule has 0 aliphatic carbocycles. The number of hydrogen-bond acceptors (Lipinski definition) is 12. The normalized spacial score (nSPS) is 52.0. The summed E-state index contributed by atoms with van der Waals surface area (Å²) in [4.78, 5) is 14.2. The Hall–Kier alpha value is -0.970. The van der Waals surface area contributed by atoms with Crippen molar-refractivity contribution < 1.29 is 62.9 Å². The Labute approximate surface area is 305 Å². The van der Waals surface area contributed by atoms with Gasteiger partial charge in [-0.1, -0.05) is 27.7 Å². The van der Waals surface area contributed by atoms with E-state index in [1.54, 1.807) is 27.7 Å². The van der Waals surface area contributed by atoms with Crippen molar-refractivity contribution in [1.82, 2.24) is 0 Å². The van der Waals surface area contributed by atoms with Gasteiger partial charge in [0.05, 0.1) is 74.9 Å². The van der Waals surface area contributed by atoms with E-state index >= 15 is 0 Å². The first-order valence-electron chi connectivity index (χ1n) is 19.0. The predicted octanol–water partition coefficient (Wildman–Crippen LogP) is 2.77. The van der Waals surface area contributed by atoms with E-state index in [0.29, 0.717) is 17.3 Å². The van der Waals surface area contributed by atoms with Gasteiger partial charge in [0.15, 0.2) is 18.7 Å². The number of aliphatic hydroxyl groups excluding tert-OH is 3. The molecule has 0 saturated carbocycles. The van der Waals surface area contributed by atoms with E-state index in [1.807, 2.05) is 48.8 Å². The summed E-state index contributed by atoms with van der Waals surface area (Å²) in [5, 5.41) is 46.2. The van der Waals surface area contributed by atoms with Crippen molar-refractivity contribution >= 4 is 5.97 Å². The Morgan fingerprint density at radius 2 is 1.53 bits per heavy atom. The maximum Gasteiger partial charge on any atom is 0.311 e. The SMILES string of the molecule is CC[C@H]1OC(=O)[C@H](C)[C@@H](O[C@H]2C[C@@](C)(OC)[C@@H](O)[C@H](C)O2)[C@H](C)[C@@H](O[C@@H]2O[C@H](C)C[C@H]([N+](C)(C)C)[C@H]2O)[C@@]2(C)C[C@@H](C)[C@@H](O2)[C@H](C)[C@@H](O)[C@]1(C)O. The van der Waals surface area contributed by atoms with Gasteiger partial charge in [0.25, 0.3) is 0 Å². The molecule has 13 nitrogen and oxygen atoms in total. The van der Waals surface area contributed by atoms with Crippen LogP contribution in [0.5, 0.6) is 0 Å². The highest BCUT2D eigenvalue weighted by molar-refractivity contribution is 5.73. The molecule has 4 heterocycles. The molecule has 0 radical (unpaired) electrons. The molecular formula is C38H70NO12+. The van der Waals surface area contributed by atoms with Crippen LogP contribution in [0.2, 0.25) is 0 Å². The minimum absolute atomic E-state index is 0.0577. The average Bonchev–Trinajstić information content (AvgIpc) is 3.36. The molecule has 2 bridgehead atoms. The van der Waals surface area contributed by atoms with Gasteiger partial charge in [0.2, 0.25) is 0 Å². The molecule has 4 aliphatic heterocycles. The highest BCUT2D eigenvalue weighted by Gasteiger charge is 2.58. The summed E-state index contributed by atoms with van der Waals surface area (Å²) >= 11 is 0. The largest absolute Gasteiger partial charge is 0.459 e. The smallest absolute Gasteiger partial charge is 0.311 e. The lowest BCUT2D eigenvalue weighted by Gasteiger charge is -2.49. The van der Waals surface area contributed by atoms with Crippen molar-refractivity contribution in [2.24, 2.45) is 23.7 Å². The molecule has 0 aromatic rings. The van der Waals surface area contributed by atoms with Gasteiger partial charge in [0.1, 0.15) is 23.9 Å². The lowest BCUT2D eigenvalue weighted by molar-refractivity contribution is -0.903. The van der Waals surface area contributed by atoms with Gasteiger partial charge in [-0.25, -0.2) is 0 Å². The number of aliphatic hydroxyl groups is 4. The van der Waals surface area contributed by atoms with Crippen LogP contribution < -0.4 is 0 Å². The topological polar surface area (TPSA) is 163 Å². The molecule has 0 amide bonds. The van der Waals surface area contributed by atoms with Crippen LogP contribution in [-0.4, -0.2) is 149 Å². The molecule has 298 valence electrons. The summed E-state index contributed by atoms with van der Waals surface area (Å²) in [5.74, 6) is -2.72. The molecule has 4 saturated heterocycles. The van der Waals surface area contributed by atoms with Gasteiger partial charge < -0.3 is 58.1 Å². The number of methoxy groups -OCH3 is 1. The van der Waals surface area contributed by atoms with Crippen molar-refractivity contribution in [1.29, 1.82) is 0 Å². The molecule has 4 aliphatic rings. The van der Waals surface area contributed by atoms with Crippen molar-refractivity contribution in [3.05, 3.63) is 0 Å². The number of carbonyl (C=O) groups is 1. The second-order valence-corrected chi connectivity index (χ2v) is 17.9. The van der Waals surface area contributed by atoms with Gasteiger partial charge in [-0.15, -0.1) is 0 Å². The number of nitrogens with zero attached hydrogens (tertiary/aromatic N) is 1. The first-order chi connectivity index (χ1) is 23.4. The Morgan fingerprint density at radius 3 is 2.10 bits per heavy atom. The average molecular weight is 733 g/mol. The van der Waals surface area contributed by atoms with Crippen LogP contribution in [0.15, 0.2) is 0 Å². The van der Waals surface area contributed by atoms with E-state index in [1.165, 1.54) is 14.0 Å². The summed E-state index contributed by atoms with van der Waals surface area (Å²) in [5.41, 5.74) is -3.76. The zero-order valence-corrected chi connectivity index (χ0v) is 33.6. The van der Waals surface area contributed by atoms with Crippen LogP contribution in [0.4, 0.5) is 0 Å². The van der Waals surface area contributed by atoms with Crippen LogP contribution in [0.25, 0.3) is 0 Å². The third-order valence-electron chi connectivity index (χ3n) is 12.7. The lowest BCUT2D eigenvalue weighted by Crippen LogP contribution is -2.63. The molecule has 4 N–H and O–H groups in total. The van der Waals surface area contributed by atoms with Crippen molar-refractivity contribution in [2.75, 3.05) is 28.3 Å². The molecule has 13 heteroatoms. The van der Waals surface area contributed by atoms with E-state index < -0.39 is 102 Å². The van der Waals surface area contributed by atoms with E-state index in [9.17, 15) is 25.2 Å². The number of carbonyl (C=O) groups excluding carboxylic acids is 1. The summed E-state index contributed by atoms with van der Waals surface area (Å²) < 4.78 is 45.6. The molecule has 51 heavy (non-hydrogen) atoms. The zero-order valence-electron chi connectivity index (χ0n) is 33.6. The molecule has 0 unspecified atom stereocenters. The second-order valence-electron chi connectivity index (χ2n) is 17.9. The van der Waals surface area contributed by atoms with E-state index in [4.69, 9.17) is 33.2 Å². The Balaban J connectivity index is 1.84. The fourth-order valence-corrected chi connectivity index (χ4v) is 9.46. The quantitative estimate of drug-likeness (QED) is 0.224. The van der Waals surface area contributed by atoms with Crippen molar-refractivity contribution in [3.8, 4) is 0 Å². The van der Waals surface area contributed by atoms with E-state index in [-0.39, 0.29) is 30.9 Å². The Bertz CT molecular complexity index is 1180. The minimum atomic E-state index is -1.79. The number of rotatable bonds is 7. The molecule has 0 aromatic heterocycles. The molecule has 0 spiro atoms. The Kier molecular flexibility index (Phi) is 13.1. The van der Waals surface area contributed by atoms with Gasteiger partial charge >= 0.3 is 5.97 Å². The second kappa shape index (κ2) is 15.6. The molecule has 19 atom stereocenters. The highest BCUT2D eigenvalue weighted by atomic mass is 16.7. The lowest BCUT2D eigenvalue weighted by atomic mass is 9.76. The third-order valence-corrected chi connectivity index (χ3v) is 12.7. The van der Waals surface area contributed by atoms with Crippen LogP contribution >= 0.6 is 0 Å². The fourth-order valence-electron chi connectivity index (χ4n) is 9.46. The fraction of sp³-hybridized carbons (Fsp3) is 0.974. The molecule has 4 fully saturated rings. The molecular weight excluding hydrogens is 662 g/mol. The van der Waals surface area contributed by atoms with Crippen LogP contribution in [0, 0.1) is 23.7 Å². The van der Waals surface area contributed by atoms with Crippen LogP contribution in [0.1, 0.15) is 94.9 Å². The van der Waals surface area contributed by atoms with E-state index in [2.05, 4.69) is 6.92 Å². The highest BCUT2D eigenvalue weighted by Crippen LogP contribution is 2.48. The third kappa shape index (κ3) is 8.49. The maximum atomic E-state index is 14.2. The first kappa shape index (κ1) is 42.8. The number of esters is 1. The maximum absolute atomic E-state index is 14.2. The van der Waals surface area contributed by atoms with Crippen LogP contribution in [-0.2, 0) is 38.0 Å². The number of cyclic esters (lactones) is 1. The first-order valence-corrected chi connectivity index (χ1v) is 19.0. The summed E-state index contributed by atoms with van der Waals surface area (Å²) in [6.45, 7) is 18.3. The molecule has 4 rings (SSSR count). The van der Waals surface area contributed by atoms with Gasteiger partial charge in [-0.05, 0) is 60.3 Å². The van der Waals surface area contributed by atoms with E-state index in [0.717, 1.165) is 0 Å². The zero-order chi connectivity index (χ0) is 38.6. The van der Waals surface area contributed by atoms with Gasteiger partial charge in [-0.3, -0.25) is 4.79 Å².